The van der Waals surface area contributed by atoms with Crippen LogP contribution in [0.5, 0.6) is 5.75 Å². The summed E-state index contributed by atoms with van der Waals surface area (Å²) in [5.41, 5.74) is 8.06. The zero-order valence-corrected chi connectivity index (χ0v) is 27.6. The van der Waals surface area contributed by atoms with E-state index < -0.39 is 22.5 Å². The molecule has 0 aromatic heterocycles. The molecule has 0 saturated carbocycles. The van der Waals surface area contributed by atoms with Gasteiger partial charge in [-0.1, -0.05) is 48.6 Å². The molecule has 0 spiro atoms. The lowest BCUT2D eigenvalue weighted by molar-refractivity contribution is -0.119. The van der Waals surface area contributed by atoms with Gasteiger partial charge in [0.2, 0.25) is 0 Å². The van der Waals surface area contributed by atoms with Crippen molar-refractivity contribution in [1.82, 2.24) is 5.43 Å². The number of allylic oxidation sites excluding steroid dienone is 2. The fourth-order valence-corrected chi connectivity index (χ4v) is 7.68. The summed E-state index contributed by atoms with van der Waals surface area (Å²) in [6.07, 6.45) is 5.35. The number of fused-ring (bicyclic) bond motifs is 3. The van der Waals surface area contributed by atoms with E-state index in [-0.39, 0.29) is 28.7 Å². The highest BCUT2D eigenvalue weighted by Gasteiger charge is 2.38. The van der Waals surface area contributed by atoms with Crippen LogP contribution in [-0.2, 0) is 19.6 Å². The van der Waals surface area contributed by atoms with Crippen LogP contribution in [0.1, 0.15) is 52.4 Å². The molecule has 10 nitrogen and oxygen atoms in total. The largest absolute Gasteiger partial charge is 0.497 e. The predicted molar refractivity (Wildman–Crippen MR) is 185 cm³/mol. The number of nitrogens with zero attached hydrogens (tertiary/aromatic N) is 2. The predicted octanol–water partition coefficient (Wildman–Crippen LogP) is 6.04. The summed E-state index contributed by atoms with van der Waals surface area (Å²) in [6.45, 7) is 1.33. The van der Waals surface area contributed by atoms with Crippen LogP contribution in [0.15, 0.2) is 119 Å². The van der Waals surface area contributed by atoms with Gasteiger partial charge in [-0.2, -0.15) is 5.10 Å². The second kappa shape index (κ2) is 13.7. The number of esters is 1. The first kappa shape index (κ1) is 32.5. The van der Waals surface area contributed by atoms with Crippen molar-refractivity contribution in [3.8, 4) is 5.75 Å². The standard InChI is InChI=1S/C37H36N4O6S/c1-24(39-40-35(42)23-41(28-8-5-4-6-9-28)48(44,45)30-19-17-29(46-2)18-20-30)27-16-21-34-33(22-27)31-10-7-11-32(31)36(38-34)25-12-14-26(15-13-25)37(43)47-3/h4-10,12-22,31-32,36,38H,11,23H2,1-3H3,(H,40,42)/b39-24+. The zero-order valence-electron chi connectivity index (χ0n) is 26.8. The highest BCUT2D eigenvalue weighted by atomic mass is 32.2. The summed E-state index contributed by atoms with van der Waals surface area (Å²) in [5, 5.41) is 8.05. The average Bonchev–Trinajstić information content (AvgIpc) is 3.63. The Kier molecular flexibility index (Phi) is 9.31. The van der Waals surface area contributed by atoms with Crippen molar-refractivity contribution in [2.24, 2.45) is 11.0 Å². The van der Waals surface area contributed by atoms with Gasteiger partial charge in [0.1, 0.15) is 12.3 Å². The van der Waals surface area contributed by atoms with E-state index in [1.807, 2.05) is 24.3 Å². The number of carbonyl (C=O) groups excluding carboxylic acids is 2. The van der Waals surface area contributed by atoms with Crippen molar-refractivity contribution in [3.05, 3.63) is 131 Å². The fraction of sp³-hybridized carbons (Fsp3) is 0.216. The summed E-state index contributed by atoms with van der Waals surface area (Å²) >= 11 is 0. The molecule has 3 unspecified atom stereocenters. The number of para-hydroxylation sites is 1. The molecular formula is C37H36N4O6S. The van der Waals surface area contributed by atoms with E-state index in [0.29, 0.717) is 22.7 Å². The summed E-state index contributed by atoms with van der Waals surface area (Å²) in [4.78, 5) is 25.1. The van der Waals surface area contributed by atoms with Crippen LogP contribution >= 0.6 is 0 Å². The Morgan fingerprint density at radius 3 is 2.33 bits per heavy atom. The van der Waals surface area contributed by atoms with Crippen LogP contribution in [0, 0.1) is 5.92 Å². The monoisotopic (exact) mass is 664 g/mol. The molecule has 4 aromatic rings. The van der Waals surface area contributed by atoms with E-state index in [1.165, 1.54) is 26.4 Å². The number of hydrogen-bond acceptors (Lipinski definition) is 8. The van der Waals surface area contributed by atoms with Gasteiger partial charge in [-0.3, -0.25) is 9.10 Å². The minimum absolute atomic E-state index is 0.0296. The van der Waals surface area contributed by atoms with Crippen molar-refractivity contribution in [1.29, 1.82) is 0 Å². The summed E-state index contributed by atoms with van der Waals surface area (Å²) in [7, 11) is -1.21. The number of hydrogen-bond donors (Lipinski definition) is 2. The third-order valence-corrected chi connectivity index (χ3v) is 10.6. The lowest BCUT2D eigenvalue weighted by Gasteiger charge is -2.37. The van der Waals surface area contributed by atoms with E-state index in [0.717, 1.165) is 33.1 Å². The number of rotatable bonds is 10. The fourth-order valence-electron chi connectivity index (χ4n) is 6.25. The maximum Gasteiger partial charge on any atom is 0.337 e. The molecule has 11 heteroatoms. The lowest BCUT2D eigenvalue weighted by atomic mass is 9.76. The van der Waals surface area contributed by atoms with Gasteiger partial charge in [-0.25, -0.2) is 18.6 Å². The van der Waals surface area contributed by atoms with E-state index in [2.05, 4.69) is 34.1 Å². The summed E-state index contributed by atoms with van der Waals surface area (Å²) in [6, 6.07) is 28.1. The highest BCUT2D eigenvalue weighted by Crippen LogP contribution is 2.50. The number of ether oxygens (including phenoxy) is 2. The topological polar surface area (TPSA) is 126 Å². The SMILES string of the molecule is COC(=O)c1ccc(C2Nc3ccc(/C(C)=N/NC(=O)CN(c4ccccc4)S(=O)(=O)c4ccc(OC)cc4)cc3C3C=CCC32)cc1. The molecule has 246 valence electrons. The highest BCUT2D eigenvalue weighted by molar-refractivity contribution is 7.92. The van der Waals surface area contributed by atoms with Crippen LogP contribution in [0.25, 0.3) is 0 Å². The van der Waals surface area contributed by atoms with Gasteiger partial charge in [0.05, 0.1) is 42.1 Å². The van der Waals surface area contributed by atoms with Crippen molar-refractivity contribution in [2.75, 3.05) is 30.4 Å². The van der Waals surface area contributed by atoms with Gasteiger partial charge in [-0.15, -0.1) is 0 Å². The van der Waals surface area contributed by atoms with Crippen molar-refractivity contribution < 1.29 is 27.5 Å². The Hall–Kier alpha value is -5.42. The third-order valence-electron chi connectivity index (χ3n) is 8.80. The number of sulfonamides is 1. The Morgan fingerprint density at radius 2 is 1.65 bits per heavy atom. The van der Waals surface area contributed by atoms with Crippen LogP contribution in [0.3, 0.4) is 0 Å². The number of carbonyl (C=O) groups is 2. The van der Waals surface area contributed by atoms with E-state index >= 15 is 0 Å². The molecule has 4 aromatic carbocycles. The number of hydrazone groups is 1. The average molecular weight is 665 g/mol. The molecule has 1 aliphatic carbocycles. The molecule has 0 radical (unpaired) electrons. The Labute approximate surface area is 280 Å². The third kappa shape index (κ3) is 6.54. The summed E-state index contributed by atoms with van der Waals surface area (Å²) in [5.74, 6) is 0.0278. The smallest absolute Gasteiger partial charge is 0.337 e. The molecule has 2 N–H and O–H groups in total. The molecular weight excluding hydrogens is 628 g/mol. The second-order valence-corrected chi connectivity index (χ2v) is 13.5. The van der Waals surface area contributed by atoms with Crippen molar-refractivity contribution >= 4 is 39.0 Å². The van der Waals surface area contributed by atoms with Crippen LogP contribution in [0.4, 0.5) is 11.4 Å². The molecule has 3 atom stereocenters. The molecule has 1 heterocycles. The van der Waals surface area contributed by atoms with Gasteiger partial charge < -0.3 is 14.8 Å². The van der Waals surface area contributed by atoms with Crippen LogP contribution in [0.2, 0.25) is 0 Å². The molecule has 1 aliphatic heterocycles. The molecule has 0 saturated heterocycles. The molecule has 2 aliphatic rings. The molecule has 6 rings (SSSR count). The minimum Gasteiger partial charge on any atom is -0.497 e. The van der Waals surface area contributed by atoms with Gasteiger partial charge in [0.15, 0.2) is 0 Å². The quantitative estimate of drug-likeness (QED) is 0.0916. The van der Waals surface area contributed by atoms with E-state index in [9.17, 15) is 18.0 Å². The Bertz CT molecular complexity index is 1980. The van der Waals surface area contributed by atoms with Crippen LogP contribution in [-0.4, -0.2) is 46.8 Å². The molecule has 0 fully saturated rings. The van der Waals surface area contributed by atoms with Gasteiger partial charge in [0.25, 0.3) is 15.9 Å². The van der Waals surface area contributed by atoms with E-state index in [4.69, 9.17) is 9.47 Å². The second-order valence-electron chi connectivity index (χ2n) is 11.6. The van der Waals surface area contributed by atoms with Gasteiger partial charge >= 0.3 is 5.97 Å². The number of nitrogens with one attached hydrogen (secondary N) is 2. The normalized spacial score (nSPS) is 18.2. The summed E-state index contributed by atoms with van der Waals surface area (Å²) < 4.78 is 38.4. The lowest BCUT2D eigenvalue weighted by Crippen LogP contribution is -2.39. The minimum atomic E-state index is -4.08. The van der Waals surface area contributed by atoms with Gasteiger partial charge in [0, 0.05) is 11.6 Å². The Balaban J connectivity index is 1.19. The maximum absolute atomic E-state index is 13.7. The zero-order chi connectivity index (χ0) is 33.8. The van der Waals surface area contributed by atoms with E-state index in [1.54, 1.807) is 61.5 Å². The number of amides is 1. The molecule has 48 heavy (non-hydrogen) atoms. The first-order valence-corrected chi connectivity index (χ1v) is 16.9. The van der Waals surface area contributed by atoms with Gasteiger partial charge in [-0.05, 0) is 96.6 Å². The number of benzene rings is 4. The number of anilines is 2. The first-order chi connectivity index (χ1) is 23.2. The number of methoxy groups -OCH3 is 2. The van der Waals surface area contributed by atoms with Crippen LogP contribution < -0.4 is 19.8 Å². The Morgan fingerprint density at radius 1 is 0.938 bits per heavy atom. The molecule has 0 bridgehead atoms. The maximum atomic E-state index is 13.7. The van der Waals surface area contributed by atoms with Crippen molar-refractivity contribution in [3.63, 3.8) is 0 Å². The molecule has 1 amide bonds. The van der Waals surface area contributed by atoms with Crippen molar-refractivity contribution in [2.45, 2.75) is 30.2 Å². The first-order valence-electron chi connectivity index (χ1n) is 15.5.